The number of aromatic amines is 2. The average molecular weight is 421 g/mol. The zero-order chi connectivity index (χ0) is 23.1. The van der Waals surface area contributed by atoms with Crippen molar-refractivity contribution in [2.24, 2.45) is 10.4 Å². The maximum absolute atomic E-state index is 12.2. The maximum atomic E-state index is 12.2. The highest BCUT2D eigenvalue weighted by Gasteiger charge is 2.46. The zero-order valence-electron chi connectivity index (χ0n) is 19.8. The molecular formula is C25H32N4O2. The van der Waals surface area contributed by atoms with E-state index in [4.69, 9.17) is 9.73 Å². The summed E-state index contributed by atoms with van der Waals surface area (Å²) < 4.78 is 5.16. The quantitative estimate of drug-likeness (QED) is 0.741. The molecule has 2 N–H and O–H groups in total. The van der Waals surface area contributed by atoms with Crippen molar-refractivity contribution in [3.05, 3.63) is 44.3 Å². The first-order valence-corrected chi connectivity index (χ1v) is 10.7. The van der Waals surface area contributed by atoms with Crippen LogP contribution < -0.4 is 10.7 Å². The summed E-state index contributed by atoms with van der Waals surface area (Å²) >= 11 is 0. The van der Waals surface area contributed by atoms with Crippen molar-refractivity contribution in [1.29, 1.82) is 5.26 Å². The Hall–Kier alpha value is -3.07. The Kier molecular flexibility index (Phi) is 5.75. The molecule has 3 heterocycles. The van der Waals surface area contributed by atoms with Gasteiger partial charge in [0.1, 0.15) is 11.2 Å². The van der Waals surface area contributed by atoms with Crippen LogP contribution in [-0.2, 0) is 4.74 Å². The maximum Gasteiger partial charge on any atom is 0.355 e. The molecule has 6 nitrogen and oxygen atoms in total. The fourth-order valence-corrected chi connectivity index (χ4v) is 3.96. The van der Waals surface area contributed by atoms with E-state index in [1.54, 1.807) is 6.92 Å². The topological polar surface area (TPSA) is 94.0 Å². The van der Waals surface area contributed by atoms with Crippen LogP contribution in [-0.4, -0.2) is 33.8 Å². The lowest BCUT2D eigenvalue weighted by Crippen LogP contribution is -2.34. The predicted octanol–water partition coefficient (Wildman–Crippen LogP) is 3.52. The van der Waals surface area contributed by atoms with Crippen molar-refractivity contribution in [3.8, 4) is 6.07 Å². The van der Waals surface area contributed by atoms with Gasteiger partial charge in [0.15, 0.2) is 0 Å². The number of carbonyl (C=O) groups is 1. The van der Waals surface area contributed by atoms with Crippen LogP contribution in [0.4, 0.5) is 0 Å². The summed E-state index contributed by atoms with van der Waals surface area (Å²) in [7, 11) is 0. The molecule has 0 saturated carbocycles. The standard InChI is InChI=1S/C25H32N4O2/c1-9-31-23(30)22-17(5)16(4)21(28-22)11-20-15(3)14(2)19(27-20)10-18-12-24(6,7)25(8,13-26)29-18/h10-11,27-28H,9,12H2,1-8H3/b19-10+,20-11-/t25-/m0/s1. The molecule has 6 heteroatoms. The van der Waals surface area contributed by atoms with E-state index in [0.29, 0.717) is 12.3 Å². The molecule has 2 aromatic rings. The fraction of sp³-hybridized carbons (Fsp3) is 0.480. The minimum absolute atomic E-state index is 0.208. The summed E-state index contributed by atoms with van der Waals surface area (Å²) in [6.07, 6.45) is 4.84. The summed E-state index contributed by atoms with van der Waals surface area (Å²) in [5.74, 6) is -0.335. The number of hydrogen-bond donors (Lipinski definition) is 2. The molecule has 164 valence electrons. The Bertz CT molecular complexity index is 1230. The number of nitrogens with one attached hydrogen (secondary N) is 2. The highest BCUT2D eigenvalue weighted by Crippen LogP contribution is 2.42. The van der Waals surface area contributed by atoms with Crippen molar-refractivity contribution >= 4 is 23.8 Å². The van der Waals surface area contributed by atoms with Crippen LogP contribution in [0.1, 0.15) is 72.6 Å². The third kappa shape index (κ3) is 3.85. The fourth-order valence-electron chi connectivity index (χ4n) is 3.96. The van der Waals surface area contributed by atoms with Crippen LogP contribution in [0.2, 0.25) is 0 Å². The normalized spacial score (nSPS) is 21.3. The van der Waals surface area contributed by atoms with Crippen LogP contribution >= 0.6 is 0 Å². The third-order valence-corrected chi connectivity index (χ3v) is 6.85. The molecule has 1 aliphatic heterocycles. The minimum Gasteiger partial charge on any atom is -0.461 e. The molecule has 1 aliphatic rings. The largest absolute Gasteiger partial charge is 0.461 e. The second kappa shape index (κ2) is 7.88. The number of rotatable bonds is 4. The number of hydrogen-bond acceptors (Lipinski definition) is 4. The highest BCUT2D eigenvalue weighted by atomic mass is 16.5. The summed E-state index contributed by atoms with van der Waals surface area (Å²) in [6, 6.07) is 2.38. The summed E-state index contributed by atoms with van der Waals surface area (Å²) in [4.78, 5) is 23.7. The van der Waals surface area contributed by atoms with E-state index in [0.717, 1.165) is 50.8 Å². The van der Waals surface area contributed by atoms with Crippen molar-refractivity contribution in [3.63, 3.8) is 0 Å². The molecule has 0 spiro atoms. The van der Waals surface area contributed by atoms with Crippen molar-refractivity contribution in [1.82, 2.24) is 9.97 Å². The van der Waals surface area contributed by atoms with Gasteiger partial charge in [-0.1, -0.05) is 13.8 Å². The smallest absolute Gasteiger partial charge is 0.355 e. The molecule has 2 aromatic heterocycles. The van der Waals surface area contributed by atoms with E-state index in [9.17, 15) is 10.1 Å². The number of esters is 1. The van der Waals surface area contributed by atoms with Crippen molar-refractivity contribution < 1.29 is 9.53 Å². The molecular weight excluding hydrogens is 388 g/mol. The van der Waals surface area contributed by atoms with E-state index in [1.807, 2.05) is 26.8 Å². The van der Waals surface area contributed by atoms with E-state index >= 15 is 0 Å². The molecule has 0 saturated heterocycles. The minimum atomic E-state index is -0.717. The first kappa shape index (κ1) is 22.6. The number of aliphatic imine (C=N–C) groups is 1. The van der Waals surface area contributed by atoms with Crippen LogP contribution in [0.3, 0.4) is 0 Å². The molecule has 31 heavy (non-hydrogen) atoms. The number of nitriles is 1. The summed E-state index contributed by atoms with van der Waals surface area (Å²) in [5, 5.41) is 11.6. The first-order valence-electron chi connectivity index (χ1n) is 10.7. The Morgan fingerprint density at radius 1 is 1.06 bits per heavy atom. The molecule has 3 rings (SSSR count). The van der Waals surface area contributed by atoms with Crippen molar-refractivity contribution in [2.45, 2.75) is 67.3 Å². The molecule has 0 aromatic carbocycles. The van der Waals surface area contributed by atoms with E-state index in [2.05, 4.69) is 49.8 Å². The average Bonchev–Trinajstić information content (AvgIpc) is 3.22. The molecule has 0 bridgehead atoms. The van der Waals surface area contributed by atoms with Gasteiger partial charge in [-0.3, -0.25) is 4.99 Å². The highest BCUT2D eigenvalue weighted by molar-refractivity contribution is 6.12. The third-order valence-electron chi connectivity index (χ3n) is 6.85. The Labute approximate surface area is 183 Å². The lowest BCUT2D eigenvalue weighted by molar-refractivity contribution is 0.0519. The second-order valence-electron chi connectivity index (χ2n) is 9.22. The van der Waals surface area contributed by atoms with Gasteiger partial charge < -0.3 is 14.7 Å². The molecule has 0 aliphatic carbocycles. The Balaban J connectivity index is 2.07. The van der Waals surface area contributed by atoms with Gasteiger partial charge in [0.05, 0.1) is 12.7 Å². The van der Waals surface area contributed by atoms with Crippen LogP contribution in [0.15, 0.2) is 4.99 Å². The number of aromatic nitrogens is 2. The zero-order valence-corrected chi connectivity index (χ0v) is 19.8. The lowest BCUT2D eigenvalue weighted by Gasteiger charge is -2.29. The molecule has 0 amide bonds. The van der Waals surface area contributed by atoms with Gasteiger partial charge in [-0.05, 0) is 82.4 Å². The van der Waals surface area contributed by atoms with Crippen LogP contribution in [0.5, 0.6) is 0 Å². The number of ether oxygens (including phenoxy) is 1. The van der Waals surface area contributed by atoms with E-state index < -0.39 is 5.54 Å². The first-order chi connectivity index (χ1) is 14.4. The monoisotopic (exact) mass is 420 g/mol. The Morgan fingerprint density at radius 3 is 2.23 bits per heavy atom. The summed E-state index contributed by atoms with van der Waals surface area (Å²) in [6.45, 7) is 16.3. The molecule has 0 fully saturated rings. The van der Waals surface area contributed by atoms with Gasteiger partial charge in [-0.15, -0.1) is 0 Å². The van der Waals surface area contributed by atoms with E-state index in [-0.39, 0.29) is 11.4 Å². The predicted molar refractivity (Wildman–Crippen MR) is 124 cm³/mol. The van der Waals surface area contributed by atoms with Gasteiger partial charge in [-0.25, -0.2) is 4.79 Å². The Morgan fingerprint density at radius 2 is 1.68 bits per heavy atom. The lowest BCUT2D eigenvalue weighted by atomic mass is 9.74. The molecule has 1 atom stereocenters. The molecule has 0 unspecified atom stereocenters. The van der Waals surface area contributed by atoms with Gasteiger partial charge >= 0.3 is 5.97 Å². The van der Waals surface area contributed by atoms with E-state index in [1.165, 1.54) is 0 Å². The SMILES string of the molecule is CCOC(=O)c1[nH]c(/C=c2\[nH]/c(=C/C3=N[C@@](C)(C#N)C(C)(C)C3)c(C)c2C)c(C)c1C. The summed E-state index contributed by atoms with van der Waals surface area (Å²) in [5.41, 5.74) is 5.58. The van der Waals surface area contributed by atoms with Gasteiger partial charge in [0, 0.05) is 27.5 Å². The van der Waals surface area contributed by atoms with Crippen LogP contribution in [0.25, 0.3) is 12.2 Å². The molecule has 0 radical (unpaired) electrons. The van der Waals surface area contributed by atoms with Gasteiger partial charge in [0.2, 0.25) is 0 Å². The van der Waals surface area contributed by atoms with Crippen LogP contribution in [0, 0.1) is 44.4 Å². The number of carbonyl (C=O) groups excluding carboxylic acids is 1. The van der Waals surface area contributed by atoms with Gasteiger partial charge in [-0.2, -0.15) is 5.26 Å². The number of H-pyrrole nitrogens is 2. The van der Waals surface area contributed by atoms with Crippen molar-refractivity contribution in [2.75, 3.05) is 6.61 Å². The number of nitrogens with zero attached hydrogens (tertiary/aromatic N) is 2. The van der Waals surface area contributed by atoms with Gasteiger partial charge in [0.25, 0.3) is 0 Å². The second-order valence-corrected chi connectivity index (χ2v) is 9.22.